The first-order chi connectivity index (χ1) is 28.8. The first-order valence-corrected chi connectivity index (χ1v) is 20.5. The van der Waals surface area contributed by atoms with Crippen LogP contribution in [0, 0.1) is 0 Å². The van der Waals surface area contributed by atoms with Crippen molar-refractivity contribution in [3.8, 4) is 33.4 Å². The summed E-state index contributed by atoms with van der Waals surface area (Å²) in [5.41, 5.74) is 14.8. The molecule has 58 heavy (non-hydrogen) atoms. The van der Waals surface area contributed by atoms with E-state index in [0.717, 1.165) is 39.0 Å². The molecule has 3 nitrogen and oxygen atoms in total. The highest BCUT2D eigenvalue weighted by atomic mass is 32.1. The molecule has 272 valence electrons. The van der Waals surface area contributed by atoms with E-state index in [1.807, 2.05) is 23.5 Å². The molecule has 0 saturated heterocycles. The largest absolute Gasteiger partial charge is 0.456 e. The average Bonchev–Trinajstić information content (AvgIpc) is 3.96. The summed E-state index contributed by atoms with van der Waals surface area (Å²) in [6.07, 6.45) is 0. The lowest BCUT2D eigenvalue weighted by molar-refractivity contribution is 0.669. The number of hydrogen-bond donors (Lipinski definition) is 0. The predicted molar refractivity (Wildman–Crippen MR) is 246 cm³/mol. The van der Waals surface area contributed by atoms with Crippen molar-refractivity contribution < 1.29 is 4.42 Å². The Morgan fingerprint density at radius 1 is 0.431 bits per heavy atom. The Morgan fingerprint density at radius 2 is 1.07 bits per heavy atom. The van der Waals surface area contributed by atoms with E-state index in [9.17, 15) is 0 Å². The van der Waals surface area contributed by atoms with Gasteiger partial charge >= 0.3 is 0 Å². The predicted octanol–water partition coefficient (Wildman–Crippen LogP) is 15.8. The van der Waals surface area contributed by atoms with Crippen LogP contribution in [0.5, 0.6) is 0 Å². The number of rotatable bonds is 6. The second-order valence-corrected chi connectivity index (χ2v) is 15.9. The number of para-hydroxylation sites is 2. The molecule has 3 heterocycles. The number of anilines is 3. The first-order valence-electron chi connectivity index (χ1n) is 19.7. The molecule has 0 N–H and O–H groups in total. The van der Waals surface area contributed by atoms with Gasteiger partial charge in [-0.05, 0) is 99.3 Å². The van der Waals surface area contributed by atoms with Gasteiger partial charge < -0.3 is 9.32 Å². The van der Waals surface area contributed by atoms with Crippen LogP contribution in [0.15, 0.2) is 211 Å². The maximum atomic E-state index is 6.39. The van der Waals surface area contributed by atoms with Crippen molar-refractivity contribution >= 4 is 87.1 Å². The van der Waals surface area contributed by atoms with E-state index in [1.54, 1.807) is 0 Å². The van der Waals surface area contributed by atoms with E-state index in [2.05, 4.69) is 203 Å². The Kier molecular flexibility index (Phi) is 7.40. The van der Waals surface area contributed by atoms with Crippen molar-refractivity contribution in [1.82, 2.24) is 4.40 Å². The molecule has 12 rings (SSSR count). The van der Waals surface area contributed by atoms with Crippen molar-refractivity contribution in [1.29, 1.82) is 0 Å². The molecule has 0 aliphatic carbocycles. The Bertz CT molecular complexity index is 3500. The maximum absolute atomic E-state index is 6.39. The summed E-state index contributed by atoms with van der Waals surface area (Å²) in [7, 11) is 0. The SMILES string of the molecule is c1ccc(-c2c3ccccc3n3c2sc2ccc(-c4ccc(N(c5ccc(-c6cccc7ccccc67)cc5)c5cccc6oc7ccccc7c56)cc4)cc23)cc1. The van der Waals surface area contributed by atoms with Crippen molar-refractivity contribution in [3.63, 3.8) is 0 Å². The van der Waals surface area contributed by atoms with E-state index in [1.165, 1.54) is 70.1 Å². The van der Waals surface area contributed by atoms with Gasteiger partial charge in [-0.15, -0.1) is 11.3 Å². The van der Waals surface area contributed by atoms with Crippen molar-refractivity contribution in [3.05, 3.63) is 206 Å². The minimum Gasteiger partial charge on any atom is -0.456 e. The van der Waals surface area contributed by atoms with Gasteiger partial charge in [0.1, 0.15) is 16.0 Å². The highest BCUT2D eigenvalue weighted by Crippen LogP contribution is 2.45. The summed E-state index contributed by atoms with van der Waals surface area (Å²) in [6, 6.07) is 74.3. The Hall–Kier alpha value is -7.40. The summed E-state index contributed by atoms with van der Waals surface area (Å²) in [5.74, 6) is 0. The van der Waals surface area contributed by atoms with Gasteiger partial charge in [-0.2, -0.15) is 0 Å². The zero-order valence-corrected chi connectivity index (χ0v) is 32.2. The molecule has 9 aromatic carbocycles. The number of thiazole rings is 1. The summed E-state index contributed by atoms with van der Waals surface area (Å²) >= 11 is 1.87. The maximum Gasteiger partial charge on any atom is 0.137 e. The number of furan rings is 1. The molecule has 3 aromatic heterocycles. The zero-order valence-electron chi connectivity index (χ0n) is 31.3. The van der Waals surface area contributed by atoms with Gasteiger partial charge in [-0.3, -0.25) is 4.40 Å². The van der Waals surface area contributed by atoms with E-state index in [0.29, 0.717) is 0 Å². The number of hydrogen-bond acceptors (Lipinski definition) is 3. The molecule has 0 unspecified atom stereocenters. The lowest BCUT2D eigenvalue weighted by atomic mass is 9.98. The Morgan fingerprint density at radius 3 is 1.90 bits per heavy atom. The van der Waals surface area contributed by atoms with Crippen LogP contribution >= 0.6 is 11.3 Å². The van der Waals surface area contributed by atoms with Gasteiger partial charge in [0, 0.05) is 27.7 Å². The monoisotopic (exact) mass is 758 g/mol. The topological polar surface area (TPSA) is 20.8 Å². The third kappa shape index (κ3) is 5.12. The molecule has 0 spiro atoms. The minimum atomic E-state index is 0.871. The quantitative estimate of drug-likeness (QED) is 0.168. The fourth-order valence-electron chi connectivity index (χ4n) is 8.94. The fraction of sp³-hybridized carbons (Fsp3) is 0. The third-order valence-corrected chi connectivity index (χ3v) is 12.8. The fourth-order valence-corrected chi connectivity index (χ4v) is 10.2. The molecule has 4 heteroatoms. The number of benzene rings is 9. The number of aromatic nitrogens is 1. The van der Waals surface area contributed by atoms with Crippen LogP contribution in [0.4, 0.5) is 17.1 Å². The molecule has 0 aliphatic rings. The van der Waals surface area contributed by atoms with Crippen LogP contribution in [-0.4, -0.2) is 4.40 Å². The molecular formula is C54H34N2OS. The Labute approximate surface area is 338 Å². The highest BCUT2D eigenvalue weighted by Gasteiger charge is 2.21. The summed E-state index contributed by atoms with van der Waals surface area (Å²) in [6.45, 7) is 0. The van der Waals surface area contributed by atoms with Crippen LogP contribution in [0.25, 0.3) is 92.0 Å². The summed E-state index contributed by atoms with van der Waals surface area (Å²) in [4.78, 5) is 3.64. The smallest absolute Gasteiger partial charge is 0.137 e. The molecule has 0 fully saturated rings. The van der Waals surface area contributed by atoms with Gasteiger partial charge in [0.2, 0.25) is 0 Å². The van der Waals surface area contributed by atoms with Gasteiger partial charge in [0.05, 0.1) is 26.8 Å². The lowest BCUT2D eigenvalue weighted by Gasteiger charge is -2.26. The van der Waals surface area contributed by atoms with Crippen LogP contribution in [0.1, 0.15) is 0 Å². The lowest BCUT2D eigenvalue weighted by Crippen LogP contribution is -2.10. The van der Waals surface area contributed by atoms with Gasteiger partial charge in [-0.25, -0.2) is 0 Å². The van der Waals surface area contributed by atoms with Crippen LogP contribution in [-0.2, 0) is 0 Å². The van der Waals surface area contributed by atoms with E-state index in [-0.39, 0.29) is 0 Å². The second-order valence-electron chi connectivity index (χ2n) is 14.9. The van der Waals surface area contributed by atoms with E-state index < -0.39 is 0 Å². The zero-order chi connectivity index (χ0) is 38.2. The Balaban J connectivity index is 0.989. The van der Waals surface area contributed by atoms with E-state index in [4.69, 9.17) is 4.42 Å². The van der Waals surface area contributed by atoms with Gasteiger partial charge in [-0.1, -0.05) is 146 Å². The third-order valence-electron chi connectivity index (χ3n) is 11.6. The van der Waals surface area contributed by atoms with Crippen molar-refractivity contribution in [2.45, 2.75) is 0 Å². The van der Waals surface area contributed by atoms with Crippen LogP contribution in [0.2, 0.25) is 0 Å². The molecule has 0 atom stereocenters. The van der Waals surface area contributed by atoms with Gasteiger partial charge in [0.25, 0.3) is 0 Å². The average molecular weight is 759 g/mol. The summed E-state index contributed by atoms with van der Waals surface area (Å²) < 4.78 is 10.1. The molecule has 0 bridgehead atoms. The second kappa shape index (κ2) is 13.1. The first kappa shape index (κ1) is 32.8. The summed E-state index contributed by atoms with van der Waals surface area (Å²) in [5, 5.41) is 5.97. The van der Waals surface area contributed by atoms with Crippen LogP contribution < -0.4 is 4.90 Å². The van der Waals surface area contributed by atoms with Gasteiger partial charge in [0.15, 0.2) is 0 Å². The van der Waals surface area contributed by atoms with Crippen LogP contribution in [0.3, 0.4) is 0 Å². The normalized spacial score (nSPS) is 11.8. The number of fused-ring (bicyclic) bond motifs is 9. The molecule has 12 aromatic rings. The minimum absolute atomic E-state index is 0.871. The highest BCUT2D eigenvalue weighted by molar-refractivity contribution is 7.24. The molecule has 0 amide bonds. The number of nitrogens with zero attached hydrogens (tertiary/aromatic N) is 2. The molecule has 0 aliphatic heterocycles. The van der Waals surface area contributed by atoms with E-state index >= 15 is 0 Å². The molecule has 0 radical (unpaired) electrons. The van der Waals surface area contributed by atoms with Crippen molar-refractivity contribution in [2.24, 2.45) is 0 Å². The molecular weight excluding hydrogens is 725 g/mol. The standard InChI is InChI=1S/C54H34N2OS/c1-2-13-38(14-3-1)52-44-17-6-8-20-46(44)56-48-34-39(28-33-51(48)58-54(52)56)35-24-29-40(30-25-35)55(47-21-11-23-50-53(47)45-18-7-9-22-49(45)57-50)41-31-26-37(27-32-41)43-19-10-15-36-12-4-5-16-42(36)43/h1-34H. The molecule has 0 saturated carbocycles. The van der Waals surface area contributed by atoms with Crippen molar-refractivity contribution in [2.75, 3.05) is 4.90 Å².